The Hall–Kier alpha value is -6.87. The molecule has 10 aromatic carbocycles. The van der Waals surface area contributed by atoms with Crippen molar-refractivity contribution in [2.45, 2.75) is 0 Å². The lowest BCUT2D eigenvalue weighted by molar-refractivity contribution is -0.567. The lowest BCUT2D eigenvalue weighted by Crippen LogP contribution is -2.29. The van der Waals surface area contributed by atoms with E-state index >= 15 is 0 Å². The number of para-hydroxylation sites is 6. The van der Waals surface area contributed by atoms with Crippen molar-refractivity contribution in [1.29, 1.82) is 0 Å². The Bertz CT molecular complexity index is 3570. The van der Waals surface area contributed by atoms with Crippen LogP contribution in [0.4, 0.5) is 0 Å². The van der Waals surface area contributed by atoms with Crippen LogP contribution in [-0.4, -0.2) is 13.7 Å². The zero-order valence-electron chi connectivity index (χ0n) is 36.0. The quantitative estimate of drug-likeness (QED) is 0.117. The molecule has 69 heavy (non-hydrogen) atoms. The Labute approximate surface area is 424 Å². The van der Waals surface area contributed by atoms with Crippen molar-refractivity contribution in [3.8, 4) is 34.1 Å². The van der Waals surface area contributed by atoms with Gasteiger partial charge < -0.3 is 0 Å². The molecule has 0 bridgehead atoms. The largest absolute Gasteiger partial charge is 0.255 e. The van der Waals surface area contributed by atoms with Gasteiger partial charge in [0.25, 0.3) is 19.0 Å². The molecule has 0 unspecified atom stereocenters. The maximum Gasteiger partial charge on any atom is 0.255 e. The van der Waals surface area contributed by atoms with Crippen LogP contribution in [0.15, 0.2) is 201 Å². The summed E-state index contributed by atoms with van der Waals surface area (Å²) in [6.07, 6.45) is 6.20. The molecule has 0 N–H and O–H groups in total. The molecule has 0 amide bonds. The van der Waals surface area contributed by atoms with Gasteiger partial charge in [-0.15, -0.1) is 0 Å². The number of fused-ring (bicyclic) bond motifs is 9. The van der Waals surface area contributed by atoms with Crippen molar-refractivity contribution in [2.24, 2.45) is 0 Å². The van der Waals surface area contributed by atoms with E-state index < -0.39 is 0 Å². The first kappa shape index (κ1) is 42.2. The number of nitrogens with zero attached hydrogens (tertiary/aromatic N) is 6. The molecular formula is C57H33Cl6N6+3. The summed E-state index contributed by atoms with van der Waals surface area (Å²) in [6.45, 7) is 0. The molecule has 0 aliphatic heterocycles. The fourth-order valence-corrected chi connectivity index (χ4v) is 11.3. The van der Waals surface area contributed by atoms with E-state index in [4.69, 9.17) is 69.6 Å². The summed E-state index contributed by atoms with van der Waals surface area (Å²) in [7, 11) is 0. The third-order valence-corrected chi connectivity index (χ3v) is 15.1. The minimum absolute atomic E-state index is 0.613. The number of aromatic nitrogens is 6. The van der Waals surface area contributed by atoms with Crippen LogP contribution in [0, 0.1) is 0 Å². The Kier molecular flexibility index (Phi) is 10.0. The molecule has 330 valence electrons. The molecule has 3 heterocycles. The van der Waals surface area contributed by atoms with Gasteiger partial charge in [-0.25, -0.2) is 0 Å². The first-order valence-corrected chi connectivity index (χ1v) is 24.3. The molecule has 12 heteroatoms. The van der Waals surface area contributed by atoms with E-state index in [9.17, 15) is 0 Å². The molecule has 0 saturated carbocycles. The Morgan fingerprint density at radius 1 is 0.261 bits per heavy atom. The van der Waals surface area contributed by atoms with E-state index in [2.05, 4.69) is 82.8 Å². The standard InChI is InChI=1S/C57H33Cl6N6/c58-40-13-1-7-19-46(40)64-31-65(47-20-8-2-14-41(47)59)53-26-35-34(25-52(53)64)36-27-54-56(68(50-23-11-5-17-44(50)62)32-66(54)48-21-9-3-15-42(48)60)29-38(36)39-30-57-55(28-37(35)39)67(49-22-10-4-16-43(49)61)33-69(57)51-24-12-6-18-45(51)63/h1-33H/q+3. The van der Waals surface area contributed by atoms with Gasteiger partial charge in [0.2, 0.25) is 0 Å². The number of rotatable bonds is 6. The summed E-state index contributed by atoms with van der Waals surface area (Å²) in [4.78, 5) is 0. The van der Waals surface area contributed by atoms with E-state index in [0.29, 0.717) is 30.1 Å². The first-order valence-electron chi connectivity index (χ1n) is 22.0. The third kappa shape index (κ3) is 6.66. The maximum absolute atomic E-state index is 7.04. The molecule has 0 saturated heterocycles. The predicted octanol–water partition coefficient (Wildman–Crippen LogP) is 15.7. The van der Waals surface area contributed by atoms with Crippen molar-refractivity contribution in [3.63, 3.8) is 0 Å². The Morgan fingerprint density at radius 3 is 0.754 bits per heavy atom. The van der Waals surface area contributed by atoms with Gasteiger partial charge in [0.05, 0.1) is 30.1 Å². The number of hydrogen-bond donors (Lipinski definition) is 0. The van der Waals surface area contributed by atoms with E-state index in [-0.39, 0.29) is 0 Å². The number of halogens is 6. The molecular weight excluding hydrogens is 981 g/mol. The van der Waals surface area contributed by atoms with Gasteiger partial charge in [-0.05, 0) is 142 Å². The number of imidazole rings is 3. The highest BCUT2D eigenvalue weighted by Gasteiger charge is 2.30. The van der Waals surface area contributed by atoms with Gasteiger partial charge in [-0.1, -0.05) is 142 Å². The molecule has 0 fully saturated rings. The molecule has 0 aliphatic rings. The van der Waals surface area contributed by atoms with Gasteiger partial charge in [0.1, 0.15) is 0 Å². The van der Waals surface area contributed by atoms with Crippen LogP contribution in [0.1, 0.15) is 0 Å². The second-order valence-corrected chi connectivity index (χ2v) is 19.4. The summed E-state index contributed by atoms with van der Waals surface area (Å²) >= 11 is 42.2. The molecule has 13 aromatic rings. The van der Waals surface area contributed by atoms with Gasteiger partial charge in [-0.3, -0.25) is 0 Å². The van der Waals surface area contributed by atoms with E-state index in [0.717, 1.165) is 99.5 Å². The SMILES string of the molecule is Clc1ccccc1-n1c[n+](-c2ccccc2Cl)c2cc3c(cc21)c1cc2c(cc1c1cc4c(cc31)n(-c1ccccc1Cl)c[n+]4-c1ccccc1Cl)n(-c1ccccc1Cl)c[n+]2-c1ccccc1Cl. The Balaban J connectivity index is 1.26. The number of hydrogen-bond acceptors (Lipinski definition) is 0. The first-order chi connectivity index (χ1) is 33.7. The third-order valence-electron chi connectivity index (χ3n) is 13.1. The van der Waals surface area contributed by atoms with E-state index in [1.807, 2.05) is 146 Å². The van der Waals surface area contributed by atoms with Gasteiger partial charge >= 0.3 is 0 Å². The fraction of sp³-hybridized carbons (Fsp3) is 0. The van der Waals surface area contributed by atoms with Crippen molar-refractivity contribution in [3.05, 3.63) is 231 Å². The summed E-state index contributed by atoms with van der Waals surface area (Å²) < 4.78 is 12.9. The predicted molar refractivity (Wildman–Crippen MR) is 284 cm³/mol. The van der Waals surface area contributed by atoms with Gasteiger partial charge in [-0.2, -0.15) is 27.4 Å². The zero-order valence-corrected chi connectivity index (χ0v) is 40.5. The summed E-state index contributed by atoms with van der Waals surface area (Å²) in [5.41, 5.74) is 10.6. The Morgan fingerprint density at radius 2 is 0.493 bits per heavy atom. The summed E-state index contributed by atoms with van der Waals surface area (Å²) in [5.74, 6) is 0. The molecule has 0 atom stereocenters. The monoisotopic (exact) mass is 1010 g/mol. The molecule has 13 rings (SSSR count). The van der Waals surface area contributed by atoms with Crippen LogP contribution in [0.5, 0.6) is 0 Å². The topological polar surface area (TPSA) is 26.4 Å². The van der Waals surface area contributed by atoms with Crippen molar-refractivity contribution in [1.82, 2.24) is 13.7 Å². The summed E-state index contributed by atoms with van der Waals surface area (Å²) in [6, 6.07) is 61.0. The fourth-order valence-electron chi connectivity index (χ4n) is 9.98. The van der Waals surface area contributed by atoms with Gasteiger partial charge in [0.15, 0.2) is 67.2 Å². The van der Waals surface area contributed by atoms with Crippen LogP contribution in [0.3, 0.4) is 0 Å². The van der Waals surface area contributed by atoms with Gasteiger partial charge in [0, 0.05) is 0 Å². The lowest BCUT2D eigenvalue weighted by atomic mass is 9.92. The normalized spacial score (nSPS) is 11.9. The molecule has 0 spiro atoms. The highest BCUT2D eigenvalue weighted by molar-refractivity contribution is 6.35. The second-order valence-electron chi connectivity index (χ2n) is 16.9. The lowest BCUT2D eigenvalue weighted by Gasteiger charge is -2.12. The van der Waals surface area contributed by atoms with Crippen LogP contribution < -0.4 is 13.7 Å². The molecule has 6 nitrogen and oxygen atoms in total. The van der Waals surface area contributed by atoms with Crippen molar-refractivity contribution < 1.29 is 13.7 Å². The highest BCUT2D eigenvalue weighted by atomic mass is 35.5. The average Bonchev–Trinajstić information content (AvgIpc) is 4.04. The smallest absolute Gasteiger partial charge is 0.193 e. The van der Waals surface area contributed by atoms with Crippen LogP contribution in [-0.2, 0) is 0 Å². The average molecular weight is 1010 g/mol. The summed E-state index contributed by atoms with van der Waals surface area (Å²) in [5, 5.41) is 9.82. The number of benzene rings is 10. The van der Waals surface area contributed by atoms with E-state index in [1.165, 1.54) is 0 Å². The van der Waals surface area contributed by atoms with Crippen LogP contribution in [0.25, 0.3) is 99.5 Å². The van der Waals surface area contributed by atoms with Crippen LogP contribution in [0.2, 0.25) is 30.1 Å². The highest BCUT2D eigenvalue weighted by Crippen LogP contribution is 2.42. The zero-order chi connectivity index (χ0) is 46.7. The van der Waals surface area contributed by atoms with Crippen molar-refractivity contribution in [2.75, 3.05) is 0 Å². The molecule has 0 aliphatic carbocycles. The van der Waals surface area contributed by atoms with Crippen LogP contribution >= 0.6 is 69.6 Å². The van der Waals surface area contributed by atoms with Crippen molar-refractivity contribution >= 4 is 135 Å². The minimum atomic E-state index is 0.613. The minimum Gasteiger partial charge on any atom is -0.193 e. The van der Waals surface area contributed by atoms with E-state index in [1.54, 1.807) is 0 Å². The second kappa shape index (κ2) is 16.4. The molecule has 3 aromatic heterocycles. The molecule has 0 radical (unpaired) electrons. The maximum atomic E-state index is 7.04.